The van der Waals surface area contributed by atoms with Crippen LogP contribution in [0.4, 0.5) is 0 Å². The number of nitrogens with zero attached hydrogens (tertiary/aromatic N) is 2. The van der Waals surface area contributed by atoms with E-state index < -0.39 is 0 Å². The molecular formula is C8H9N3O. The number of nitrogens with two attached hydrogens (primary N) is 1. The maximum Gasteiger partial charge on any atom is 0.244 e. The second-order valence-electron chi connectivity index (χ2n) is 2.85. The lowest BCUT2D eigenvalue weighted by molar-refractivity contribution is -0.120. The number of aliphatic imine (C=N–C) groups is 1. The van der Waals surface area contributed by atoms with Gasteiger partial charge in [0.1, 0.15) is 11.9 Å². The quantitative estimate of drug-likeness (QED) is 0.573. The van der Waals surface area contributed by atoms with Gasteiger partial charge in [-0.3, -0.25) is 4.79 Å². The monoisotopic (exact) mass is 163 g/mol. The minimum atomic E-state index is -0.337. The van der Waals surface area contributed by atoms with Crippen LogP contribution in [0.3, 0.4) is 0 Å². The fourth-order valence-corrected chi connectivity index (χ4v) is 1.45. The average molecular weight is 163 g/mol. The van der Waals surface area contributed by atoms with Gasteiger partial charge < -0.3 is 10.6 Å². The van der Waals surface area contributed by atoms with Crippen LogP contribution in [-0.4, -0.2) is 29.7 Å². The molecule has 12 heavy (non-hydrogen) atoms. The standard InChI is InChI=1S/C8H9N3O/c1-11-6(7(9)12)4-5-2-3-10-8(5)11/h2-4,6H,1H3,(H2,9,12). The molecule has 0 fully saturated rings. The van der Waals surface area contributed by atoms with Crippen LogP contribution in [0.5, 0.6) is 0 Å². The molecule has 0 saturated carbocycles. The van der Waals surface area contributed by atoms with Gasteiger partial charge in [-0.05, 0) is 12.2 Å². The van der Waals surface area contributed by atoms with Gasteiger partial charge in [0.25, 0.3) is 0 Å². The number of carbonyl (C=O) groups excluding carboxylic acids is 1. The van der Waals surface area contributed by atoms with Crippen LogP contribution in [0.2, 0.25) is 0 Å². The molecule has 1 amide bonds. The van der Waals surface area contributed by atoms with Crippen LogP contribution >= 0.6 is 0 Å². The molecule has 2 aliphatic heterocycles. The van der Waals surface area contributed by atoms with Crippen molar-refractivity contribution in [3.63, 3.8) is 0 Å². The molecule has 2 aliphatic rings. The summed E-state index contributed by atoms with van der Waals surface area (Å²) in [6, 6.07) is -0.330. The molecule has 0 aromatic carbocycles. The Morgan fingerprint density at radius 2 is 2.50 bits per heavy atom. The summed E-state index contributed by atoms with van der Waals surface area (Å²) >= 11 is 0. The summed E-state index contributed by atoms with van der Waals surface area (Å²) in [6.07, 6.45) is 5.41. The van der Waals surface area contributed by atoms with Gasteiger partial charge in [-0.1, -0.05) is 0 Å². The highest BCUT2D eigenvalue weighted by Crippen LogP contribution is 2.22. The van der Waals surface area contributed by atoms with Crippen molar-refractivity contribution in [2.75, 3.05) is 7.05 Å². The van der Waals surface area contributed by atoms with Gasteiger partial charge in [-0.25, -0.2) is 4.99 Å². The molecule has 1 unspecified atom stereocenters. The van der Waals surface area contributed by atoms with Crippen molar-refractivity contribution in [3.05, 3.63) is 23.9 Å². The van der Waals surface area contributed by atoms with E-state index in [2.05, 4.69) is 4.99 Å². The van der Waals surface area contributed by atoms with Crippen molar-refractivity contribution >= 4 is 11.7 Å². The van der Waals surface area contributed by atoms with Gasteiger partial charge in [-0.2, -0.15) is 0 Å². The average Bonchev–Trinajstić information content (AvgIpc) is 2.53. The zero-order chi connectivity index (χ0) is 8.72. The van der Waals surface area contributed by atoms with Crippen molar-refractivity contribution in [1.29, 1.82) is 0 Å². The van der Waals surface area contributed by atoms with E-state index in [1.54, 1.807) is 11.1 Å². The third-order valence-electron chi connectivity index (χ3n) is 2.09. The third-order valence-corrected chi connectivity index (χ3v) is 2.09. The summed E-state index contributed by atoms with van der Waals surface area (Å²) < 4.78 is 0. The minimum absolute atomic E-state index is 0.330. The highest BCUT2D eigenvalue weighted by atomic mass is 16.1. The van der Waals surface area contributed by atoms with Crippen molar-refractivity contribution < 1.29 is 4.79 Å². The van der Waals surface area contributed by atoms with Gasteiger partial charge in [0.05, 0.1) is 0 Å². The number of amides is 1. The minimum Gasteiger partial charge on any atom is -0.368 e. The van der Waals surface area contributed by atoms with E-state index in [1.165, 1.54) is 0 Å². The number of hydrogen-bond acceptors (Lipinski definition) is 3. The van der Waals surface area contributed by atoms with Gasteiger partial charge in [-0.15, -0.1) is 0 Å². The highest BCUT2D eigenvalue weighted by Gasteiger charge is 2.30. The maximum absolute atomic E-state index is 10.9. The molecule has 2 heterocycles. The molecule has 0 spiro atoms. The largest absolute Gasteiger partial charge is 0.368 e. The van der Waals surface area contributed by atoms with Gasteiger partial charge in [0, 0.05) is 18.8 Å². The maximum atomic E-state index is 10.9. The first-order chi connectivity index (χ1) is 5.70. The highest BCUT2D eigenvalue weighted by molar-refractivity contribution is 6.08. The lowest BCUT2D eigenvalue weighted by Crippen LogP contribution is -2.40. The van der Waals surface area contributed by atoms with Crippen LogP contribution in [0, 0.1) is 0 Å². The topological polar surface area (TPSA) is 58.7 Å². The number of fused-ring (bicyclic) bond motifs is 1. The fraction of sp³-hybridized carbons (Fsp3) is 0.250. The second-order valence-corrected chi connectivity index (χ2v) is 2.85. The summed E-state index contributed by atoms with van der Waals surface area (Å²) in [5, 5.41) is 0. The molecule has 0 aliphatic carbocycles. The molecule has 1 atom stereocenters. The third kappa shape index (κ3) is 0.777. The number of primary amides is 1. The molecule has 2 N–H and O–H groups in total. The van der Waals surface area contributed by atoms with Gasteiger partial charge >= 0.3 is 0 Å². The normalized spacial score (nSPS) is 25.4. The summed E-state index contributed by atoms with van der Waals surface area (Å²) in [6.45, 7) is 0. The number of amidine groups is 1. The van der Waals surface area contributed by atoms with Crippen LogP contribution in [0.25, 0.3) is 0 Å². The molecule has 0 aromatic heterocycles. The Labute approximate surface area is 70.1 Å². The van der Waals surface area contributed by atoms with E-state index >= 15 is 0 Å². The van der Waals surface area contributed by atoms with E-state index in [9.17, 15) is 4.79 Å². The van der Waals surface area contributed by atoms with Crippen molar-refractivity contribution in [1.82, 2.24) is 4.90 Å². The van der Waals surface area contributed by atoms with E-state index in [1.807, 2.05) is 19.2 Å². The Hall–Kier alpha value is -1.58. The molecule has 0 radical (unpaired) electrons. The van der Waals surface area contributed by atoms with Gasteiger partial charge in [0.2, 0.25) is 5.91 Å². The molecule has 62 valence electrons. The van der Waals surface area contributed by atoms with E-state index in [0.717, 1.165) is 11.4 Å². The van der Waals surface area contributed by atoms with E-state index in [4.69, 9.17) is 5.73 Å². The number of likely N-dealkylation sites (N-methyl/N-ethyl adjacent to an activating group) is 1. The Morgan fingerprint density at radius 3 is 3.08 bits per heavy atom. The Morgan fingerprint density at radius 1 is 1.75 bits per heavy atom. The Bertz CT molecular complexity index is 327. The number of carbonyl (C=O) groups is 1. The first kappa shape index (κ1) is 7.09. The summed E-state index contributed by atoms with van der Waals surface area (Å²) in [4.78, 5) is 16.8. The lowest BCUT2D eigenvalue weighted by Gasteiger charge is -2.18. The predicted octanol–water partition coefficient (Wildman–Crippen LogP) is -0.362. The zero-order valence-corrected chi connectivity index (χ0v) is 6.69. The van der Waals surface area contributed by atoms with E-state index in [0.29, 0.717) is 0 Å². The number of rotatable bonds is 1. The van der Waals surface area contributed by atoms with E-state index in [-0.39, 0.29) is 11.9 Å². The molecule has 4 nitrogen and oxygen atoms in total. The van der Waals surface area contributed by atoms with Crippen molar-refractivity contribution in [2.24, 2.45) is 10.7 Å². The molecule has 0 bridgehead atoms. The summed E-state index contributed by atoms with van der Waals surface area (Å²) in [7, 11) is 1.81. The van der Waals surface area contributed by atoms with Gasteiger partial charge in [0.15, 0.2) is 0 Å². The molecule has 4 heteroatoms. The smallest absolute Gasteiger partial charge is 0.244 e. The summed E-state index contributed by atoms with van der Waals surface area (Å²) in [5.74, 6) is 0.495. The Balaban J connectivity index is 2.35. The fourth-order valence-electron chi connectivity index (χ4n) is 1.45. The van der Waals surface area contributed by atoms with Crippen LogP contribution in [0.1, 0.15) is 0 Å². The number of hydrogen-bond donors (Lipinski definition) is 1. The summed E-state index contributed by atoms with van der Waals surface area (Å²) in [5.41, 5.74) is 6.17. The molecule has 0 saturated heterocycles. The van der Waals surface area contributed by atoms with Crippen LogP contribution < -0.4 is 5.73 Å². The predicted molar refractivity (Wildman–Crippen MR) is 45.4 cm³/mol. The zero-order valence-electron chi connectivity index (χ0n) is 6.69. The first-order valence-corrected chi connectivity index (χ1v) is 3.69. The second kappa shape index (κ2) is 2.20. The first-order valence-electron chi connectivity index (χ1n) is 3.69. The van der Waals surface area contributed by atoms with Crippen molar-refractivity contribution in [3.8, 4) is 0 Å². The Kier molecular flexibility index (Phi) is 1.30. The van der Waals surface area contributed by atoms with Crippen LogP contribution in [0.15, 0.2) is 28.9 Å². The molecule has 0 aromatic rings. The molecule has 2 rings (SSSR count). The van der Waals surface area contributed by atoms with Crippen molar-refractivity contribution in [2.45, 2.75) is 6.04 Å². The lowest BCUT2D eigenvalue weighted by atomic mass is 10.2. The SMILES string of the molecule is CN1C2=NC=CC2=CC1C(N)=O. The molecular weight excluding hydrogens is 154 g/mol. The van der Waals surface area contributed by atoms with Crippen LogP contribution in [-0.2, 0) is 4.79 Å².